The van der Waals surface area contributed by atoms with Crippen molar-refractivity contribution in [2.45, 2.75) is 38.6 Å². The van der Waals surface area contributed by atoms with Crippen molar-refractivity contribution in [2.75, 3.05) is 11.1 Å². The molecule has 1 saturated carbocycles. The SMILES string of the molecule is CC1CCC(Nc2nc3c(Br)cnn3c(N)c2Br)CC1. The second-order valence-corrected chi connectivity index (χ2v) is 7.14. The number of rotatable bonds is 2. The Labute approximate surface area is 134 Å². The lowest BCUT2D eigenvalue weighted by atomic mass is 9.87. The Morgan fingerprint density at radius 2 is 2.00 bits per heavy atom. The van der Waals surface area contributed by atoms with E-state index in [4.69, 9.17) is 5.73 Å². The summed E-state index contributed by atoms with van der Waals surface area (Å²) in [6.45, 7) is 2.32. The molecular formula is C13H17Br2N5. The molecule has 0 radical (unpaired) electrons. The van der Waals surface area contributed by atoms with Gasteiger partial charge in [-0.1, -0.05) is 6.92 Å². The van der Waals surface area contributed by atoms with E-state index in [9.17, 15) is 0 Å². The number of hydrogen-bond donors (Lipinski definition) is 2. The van der Waals surface area contributed by atoms with Crippen molar-refractivity contribution in [3.8, 4) is 0 Å². The lowest BCUT2D eigenvalue weighted by Crippen LogP contribution is -2.26. The van der Waals surface area contributed by atoms with Crippen LogP contribution in [0, 0.1) is 5.92 Å². The lowest BCUT2D eigenvalue weighted by Gasteiger charge is -2.27. The second-order valence-electron chi connectivity index (χ2n) is 5.49. The third kappa shape index (κ3) is 2.53. The van der Waals surface area contributed by atoms with Crippen LogP contribution in [0.15, 0.2) is 15.1 Å². The number of fused-ring (bicyclic) bond motifs is 1. The summed E-state index contributed by atoms with van der Waals surface area (Å²) in [5.41, 5.74) is 6.85. The first kappa shape index (κ1) is 14.1. The average molecular weight is 403 g/mol. The van der Waals surface area contributed by atoms with Gasteiger partial charge >= 0.3 is 0 Å². The van der Waals surface area contributed by atoms with Crippen LogP contribution in [-0.4, -0.2) is 20.6 Å². The highest BCUT2D eigenvalue weighted by Gasteiger charge is 2.21. The van der Waals surface area contributed by atoms with Crippen molar-refractivity contribution in [3.63, 3.8) is 0 Å². The summed E-state index contributed by atoms with van der Waals surface area (Å²) in [4.78, 5) is 4.62. The molecule has 0 atom stereocenters. The van der Waals surface area contributed by atoms with E-state index >= 15 is 0 Å². The molecule has 2 aromatic heterocycles. The van der Waals surface area contributed by atoms with Gasteiger partial charge in [0, 0.05) is 6.04 Å². The van der Waals surface area contributed by atoms with Crippen molar-refractivity contribution >= 4 is 49.1 Å². The first-order chi connectivity index (χ1) is 9.56. The summed E-state index contributed by atoms with van der Waals surface area (Å²) in [7, 11) is 0. The molecule has 0 bridgehead atoms. The summed E-state index contributed by atoms with van der Waals surface area (Å²) in [5.74, 6) is 2.20. The molecule has 108 valence electrons. The maximum absolute atomic E-state index is 6.11. The van der Waals surface area contributed by atoms with Crippen LogP contribution in [0.3, 0.4) is 0 Å². The largest absolute Gasteiger partial charge is 0.383 e. The third-order valence-corrected chi connectivity index (χ3v) is 5.28. The minimum Gasteiger partial charge on any atom is -0.383 e. The van der Waals surface area contributed by atoms with E-state index < -0.39 is 0 Å². The Balaban J connectivity index is 1.91. The highest BCUT2D eigenvalue weighted by atomic mass is 79.9. The van der Waals surface area contributed by atoms with Gasteiger partial charge in [-0.25, -0.2) is 4.98 Å². The number of nitrogens with two attached hydrogens (primary N) is 1. The molecule has 5 nitrogen and oxygen atoms in total. The smallest absolute Gasteiger partial charge is 0.173 e. The zero-order valence-electron chi connectivity index (χ0n) is 11.2. The molecule has 7 heteroatoms. The third-order valence-electron chi connectivity index (χ3n) is 3.94. The van der Waals surface area contributed by atoms with Crippen LogP contribution < -0.4 is 11.1 Å². The number of nitrogen functional groups attached to an aromatic ring is 1. The molecule has 0 aliphatic heterocycles. The summed E-state index contributed by atoms with van der Waals surface area (Å²) in [6.07, 6.45) is 6.60. The van der Waals surface area contributed by atoms with E-state index in [2.05, 4.69) is 54.2 Å². The van der Waals surface area contributed by atoms with Crippen molar-refractivity contribution in [1.82, 2.24) is 14.6 Å². The molecule has 1 aliphatic rings. The molecule has 2 heterocycles. The van der Waals surface area contributed by atoms with E-state index in [0.29, 0.717) is 11.9 Å². The predicted octanol–water partition coefficient (Wildman–Crippen LogP) is 3.83. The van der Waals surface area contributed by atoms with Crippen molar-refractivity contribution in [1.29, 1.82) is 0 Å². The Bertz CT molecular complexity index is 631. The van der Waals surface area contributed by atoms with Crippen LogP contribution in [-0.2, 0) is 0 Å². The number of nitrogens with one attached hydrogen (secondary N) is 1. The standard InChI is InChI=1S/C13H17Br2N5/c1-7-2-4-8(5-3-7)18-12-10(15)11(16)20-13(19-12)9(14)6-17-20/h6-8H,2-5,16H2,1H3,(H,18,19). The van der Waals surface area contributed by atoms with E-state index in [1.54, 1.807) is 10.7 Å². The predicted molar refractivity (Wildman–Crippen MR) is 87.8 cm³/mol. The quantitative estimate of drug-likeness (QED) is 0.800. The maximum atomic E-state index is 6.11. The molecule has 3 N–H and O–H groups in total. The van der Waals surface area contributed by atoms with Crippen LogP contribution in [0.5, 0.6) is 0 Å². The molecule has 20 heavy (non-hydrogen) atoms. The van der Waals surface area contributed by atoms with Gasteiger partial charge in [0.05, 0.1) is 10.7 Å². The fraction of sp³-hybridized carbons (Fsp3) is 0.538. The molecule has 0 spiro atoms. The zero-order valence-corrected chi connectivity index (χ0v) is 14.4. The Hall–Kier alpha value is -0.820. The van der Waals surface area contributed by atoms with Crippen LogP contribution in [0.25, 0.3) is 5.65 Å². The van der Waals surface area contributed by atoms with Gasteiger partial charge in [0.2, 0.25) is 0 Å². The second kappa shape index (κ2) is 5.52. The molecule has 0 amide bonds. The monoisotopic (exact) mass is 401 g/mol. The van der Waals surface area contributed by atoms with Gasteiger partial charge in [-0.3, -0.25) is 0 Å². The number of hydrogen-bond acceptors (Lipinski definition) is 4. The van der Waals surface area contributed by atoms with Crippen LogP contribution >= 0.6 is 31.9 Å². The van der Waals surface area contributed by atoms with Crippen molar-refractivity contribution < 1.29 is 0 Å². The van der Waals surface area contributed by atoms with E-state index in [-0.39, 0.29) is 0 Å². The fourth-order valence-corrected chi connectivity index (χ4v) is 3.38. The summed E-state index contributed by atoms with van der Waals surface area (Å²) in [6, 6.07) is 0.471. The van der Waals surface area contributed by atoms with Crippen LogP contribution in [0.4, 0.5) is 11.6 Å². The molecule has 0 saturated heterocycles. The van der Waals surface area contributed by atoms with Gasteiger partial charge < -0.3 is 11.1 Å². The highest BCUT2D eigenvalue weighted by molar-refractivity contribution is 9.11. The Kier molecular flexibility index (Phi) is 3.90. The van der Waals surface area contributed by atoms with Crippen LogP contribution in [0.1, 0.15) is 32.6 Å². The van der Waals surface area contributed by atoms with Gasteiger partial charge in [0.25, 0.3) is 0 Å². The molecule has 1 aliphatic carbocycles. The molecule has 2 aromatic rings. The van der Waals surface area contributed by atoms with Gasteiger partial charge in [-0.05, 0) is 63.5 Å². The first-order valence-corrected chi connectivity index (χ1v) is 8.39. The number of aromatic nitrogens is 3. The first-order valence-electron chi connectivity index (χ1n) is 6.81. The topological polar surface area (TPSA) is 68.2 Å². The molecule has 0 aromatic carbocycles. The number of anilines is 2. The molecule has 1 fully saturated rings. The maximum Gasteiger partial charge on any atom is 0.173 e. The van der Waals surface area contributed by atoms with Crippen LogP contribution in [0.2, 0.25) is 0 Å². The van der Waals surface area contributed by atoms with E-state index in [1.165, 1.54) is 25.7 Å². The van der Waals surface area contributed by atoms with Gasteiger partial charge in [0.1, 0.15) is 16.1 Å². The van der Waals surface area contributed by atoms with Gasteiger partial charge in [-0.15, -0.1) is 0 Å². The van der Waals surface area contributed by atoms with Gasteiger partial charge in [0.15, 0.2) is 5.65 Å². The zero-order chi connectivity index (χ0) is 14.3. The van der Waals surface area contributed by atoms with Crippen molar-refractivity contribution in [2.24, 2.45) is 5.92 Å². The summed E-state index contributed by atoms with van der Waals surface area (Å²) >= 11 is 6.97. The summed E-state index contributed by atoms with van der Waals surface area (Å²) in [5, 5.41) is 7.72. The number of halogens is 2. The normalized spacial score (nSPS) is 23.1. The molecule has 0 unspecified atom stereocenters. The van der Waals surface area contributed by atoms with E-state index in [1.807, 2.05) is 0 Å². The minimum absolute atomic E-state index is 0.471. The lowest BCUT2D eigenvalue weighted by molar-refractivity contribution is 0.361. The molecular weight excluding hydrogens is 386 g/mol. The minimum atomic E-state index is 0.471. The summed E-state index contributed by atoms with van der Waals surface area (Å²) < 4.78 is 3.25. The highest BCUT2D eigenvalue weighted by Crippen LogP contribution is 2.33. The van der Waals surface area contributed by atoms with Crippen molar-refractivity contribution in [3.05, 3.63) is 15.1 Å². The molecule has 3 rings (SSSR count). The van der Waals surface area contributed by atoms with Gasteiger partial charge in [-0.2, -0.15) is 9.61 Å². The number of nitrogens with zero attached hydrogens (tertiary/aromatic N) is 3. The van der Waals surface area contributed by atoms with E-state index in [0.717, 1.165) is 26.3 Å². The Morgan fingerprint density at radius 3 is 2.70 bits per heavy atom. The Morgan fingerprint density at radius 1 is 1.30 bits per heavy atom. The fourth-order valence-electron chi connectivity index (χ4n) is 2.66. The average Bonchev–Trinajstić information content (AvgIpc) is 2.80.